The van der Waals surface area contributed by atoms with Crippen LogP contribution in [0, 0.1) is 0 Å². The first-order chi connectivity index (χ1) is 23.5. The molecule has 0 bridgehead atoms. The molecule has 8 heteroatoms. The largest absolute Gasteiger partial charge is 1.00 e. The molecule has 3 aliphatic rings. The number of carbonyl (C=O) groups excluding carboxylic acids is 3. The van der Waals surface area contributed by atoms with E-state index in [1.165, 1.54) is 55.5 Å². The topological polar surface area (TPSA) is 69.9 Å². The number of amides is 2. The Hall–Kier alpha value is -4.75. The van der Waals surface area contributed by atoms with E-state index < -0.39 is 17.8 Å². The van der Waals surface area contributed by atoms with E-state index in [1.807, 2.05) is 0 Å². The van der Waals surface area contributed by atoms with Crippen molar-refractivity contribution in [2.24, 2.45) is 0 Å². The Bertz CT molecular complexity index is 2110. The first-order valence-corrected chi connectivity index (χ1v) is 17.4. The van der Waals surface area contributed by atoms with Gasteiger partial charge in [-0.15, -0.1) is 5.06 Å². The van der Waals surface area contributed by atoms with Crippen LogP contribution in [0.15, 0.2) is 96.7 Å². The molecule has 0 radical (unpaired) electrons. The lowest BCUT2D eigenvalue weighted by Gasteiger charge is -2.27. The Kier molecular flexibility index (Phi) is 9.49. The van der Waals surface area contributed by atoms with Gasteiger partial charge in [0, 0.05) is 60.3 Å². The van der Waals surface area contributed by atoms with Crippen molar-refractivity contribution < 1.29 is 36.2 Å². The molecule has 50 heavy (non-hydrogen) atoms. The van der Waals surface area contributed by atoms with Crippen molar-refractivity contribution in [1.82, 2.24) is 5.06 Å². The zero-order chi connectivity index (χ0) is 34.5. The van der Waals surface area contributed by atoms with Crippen molar-refractivity contribution in [3.63, 3.8) is 0 Å². The van der Waals surface area contributed by atoms with Crippen molar-refractivity contribution in [3.05, 3.63) is 108 Å². The van der Waals surface area contributed by atoms with Gasteiger partial charge in [0.1, 0.15) is 7.05 Å². The number of fused-ring (bicyclic) bond motifs is 6. The first kappa shape index (κ1) is 35.1. The summed E-state index contributed by atoms with van der Waals surface area (Å²) in [5.41, 5.74) is 7.26. The number of hydroxylamine groups is 2. The first-order valence-electron chi connectivity index (χ1n) is 17.4. The van der Waals surface area contributed by atoms with E-state index in [4.69, 9.17) is 4.84 Å². The van der Waals surface area contributed by atoms with E-state index in [-0.39, 0.29) is 42.5 Å². The van der Waals surface area contributed by atoms with E-state index in [2.05, 4.69) is 135 Å². The molecule has 1 fully saturated rings. The summed E-state index contributed by atoms with van der Waals surface area (Å²) in [4.78, 5) is 43.5. The molecule has 7 rings (SSSR count). The summed E-state index contributed by atoms with van der Waals surface area (Å²) < 4.78 is 2.33. The lowest BCUT2D eigenvalue weighted by molar-refractivity contribution is -0.401. The van der Waals surface area contributed by atoms with Gasteiger partial charge in [-0.2, -0.15) is 4.58 Å². The fourth-order valence-electron chi connectivity index (χ4n) is 8.22. The van der Waals surface area contributed by atoms with Gasteiger partial charge in [0.25, 0.3) is 11.8 Å². The molecule has 0 unspecified atom stereocenters. The second-order valence-corrected chi connectivity index (χ2v) is 14.5. The second-order valence-electron chi connectivity index (χ2n) is 14.5. The Morgan fingerprint density at radius 2 is 1.42 bits per heavy atom. The number of anilines is 1. The van der Waals surface area contributed by atoms with Gasteiger partial charge < -0.3 is 22.1 Å². The van der Waals surface area contributed by atoms with Crippen LogP contribution in [0.3, 0.4) is 0 Å². The molecule has 3 heterocycles. The van der Waals surface area contributed by atoms with E-state index in [1.54, 1.807) is 0 Å². The van der Waals surface area contributed by atoms with Crippen LogP contribution in [-0.2, 0) is 30.1 Å². The molecule has 0 aliphatic carbocycles. The highest BCUT2D eigenvalue weighted by Crippen LogP contribution is 2.51. The van der Waals surface area contributed by atoms with Crippen molar-refractivity contribution in [2.45, 2.75) is 77.0 Å². The van der Waals surface area contributed by atoms with E-state index in [0.29, 0.717) is 11.5 Å². The van der Waals surface area contributed by atoms with Gasteiger partial charge in [0.15, 0.2) is 5.71 Å². The molecule has 3 aliphatic heterocycles. The van der Waals surface area contributed by atoms with E-state index in [9.17, 15) is 14.4 Å². The molecule has 0 aromatic heterocycles. The molecule has 0 N–H and O–H groups in total. The number of imide groups is 1. The summed E-state index contributed by atoms with van der Waals surface area (Å²) in [6.07, 6.45) is 9.43. The zero-order valence-corrected chi connectivity index (χ0v) is 30.2. The Morgan fingerprint density at radius 3 is 2.10 bits per heavy atom. The highest BCUT2D eigenvalue weighted by molar-refractivity contribution is 6.07. The molecule has 0 spiro atoms. The summed E-state index contributed by atoms with van der Waals surface area (Å²) in [6.45, 7) is 10.1. The van der Waals surface area contributed by atoms with Gasteiger partial charge in [-0.25, -0.2) is 4.79 Å². The van der Waals surface area contributed by atoms with Gasteiger partial charge >= 0.3 is 5.97 Å². The third kappa shape index (κ3) is 5.91. The number of hydrogen-bond acceptors (Lipinski definition) is 5. The maximum Gasteiger partial charge on any atom is 0.333 e. The average molecular weight is 690 g/mol. The molecule has 1 saturated heterocycles. The highest BCUT2D eigenvalue weighted by atomic mass is 35.5. The zero-order valence-electron chi connectivity index (χ0n) is 29.5. The number of allylic oxidation sites excluding steroid dienone is 4. The number of benzene rings is 4. The van der Waals surface area contributed by atoms with Crippen LogP contribution in [0.2, 0.25) is 0 Å². The maximum atomic E-state index is 12.4. The van der Waals surface area contributed by atoms with Crippen LogP contribution >= 0.6 is 0 Å². The van der Waals surface area contributed by atoms with E-state index in [0.717, 1.165) is 19.4 Å². The molecule has 258 valence electrons. The van der Waals surface area contributed by atoms with Gasteiger partial charge in [0.2, 0.25) is 5.69 Å². The number of unbranched alkanes of at least 4 members (excludes halogenated alkanes) is 2. The van der Waals surface area contributed by atoms with Crippen LogP contribution < -0.4 is 17.3 Å². The molecule has 7 nitrogen and oxygen atoms in total. The summed E-state index contributed by atoms with van der Waals surface area (Å²) in [6, 6.07) is 26.2. The number of halogens is 1. The second kappa shape index (κ2) is 13.5. The summed E-state index contributed by atoms with van der Waals surface area (Å²) in [5.74, 6) is -1.44. The third-order valence-corrected chi connectivity index (χ3v) is 10.6. The fraction of sp³-hybridized carbons (Fsp3) is 0.333. The normalized spacial score (nSPS) is 18.5. The summed E-state index contributed by atoms with van der Waals surface area (Å²) in [7, 11) is 2.17. The third-order valence-electron chi connectivity index (χ3n) is 10.6. The van der Waals surface area contributed by atoms with Crippen molar-refractivity contribution in [3.8, 4) is 0 Å². The summed E-state index contributed by atoms with van der Waals surface area (Å²) >= 11 is 0. The molecular formula is C42H44ClN3O4. The van der Waals surface area contributed by atoms with Crippen LogP contribution in [0.4, 0.5) is 11.4 Å². The number of rotatable bonds is 9. The minimum atomic E-state index is -0.541. The molecular weight excluding hydrogens is 646 g/mol. The Labute approximate surface area is 300 Å². The smallest absolute Gasteiger partial charge is 0.333 e. The van der Waals surface area contributed by atoms with Crippen molar-refractivity contribution in [1.29, 1.82) is 0 Å². The molecule has 0 atom stereocenters. The maximum absolute atomic E-state index is 12.4. The summed E-state index contributed by atoms with van der Waals surface area (Å²) in [5, 5.41) is 5.69. The van der Waals surface area contributed by atoms with Crippen LogP contribution in [0.5, 0.6) is 0 Å². The predicted molar refractivity (Wildman–Crippen MR) is 195 cm³/mol. The van der Waals surface area contributed by atoms with Gasteiger partial charge in [-0.1, -0.05) is 80.9 Å². The van der Waals surface area contributed by atoms with Gasteiger partial charge in [-0.05, 0) is 72.0 Å². The van der Waals surface area contributed by atoms with Gasteiger partial charge in [0.05, 0.1) is 5.41 Å². The minimum absolute atomic E-state index is 0. The highest BCUT2D eigenvalue weighted by Gasteiger charge is 2.45. The quantitative estimate of drug-likeness (QED) is 0.134. The average Bonchev–Trinajstić information content (AvgIpc) is 3.59. The predicted octanol–water partition coefficient (Wildman–Crippen LogP) is 5.41. The lowest BCUT2D eigenvalue weighted by atomic mass is 9.79. The van der Waals surface area contributed by atoms with E-state index >= 15 is 0 Å². The van der Waals surface area contributed by atoms with Crippen LogP contribution in [-0.4, -0.2) is 46.7 Å². The molecule has 0 saturated carbocycles. The Morgan fingerprint density at radius 1 is 0.800 bits per heavy atom. The molecule has 4 aromatic rings. The fourth-order valence-corrected chi connectivity index (χ4v) is 8.22. The van der Waals surface area contributed by atoms with Crippen LogP contribution in [0.1, 0.15) is 77.3 Å². The number of carbonyl (C=O) groups is 3. The molecule has 4 aromatic carbocycles. The number of hydrogen-bond donors (Lipinski definition) is 0. The molecule has 2 amide bonds. The van der Waals surface area contributed by atoms with Crippen molar-refractivity contribution in [2.75, 3.05) is 18.5 Å². The monoisotopic (exact) mass is 689 g/mol. The standard InChI is InChI=1S/C42H44N3O4.ClH/c1-41(2)34(43(5)32-23-21-28-14-8-10-16-30(28)39(32)41)18-13-19-35-42(3,4)40-31-17-11-9-15-29(31)22-24-33(40)44(35)27-12-6-7-20-38(48)49-45-36(46)25-26-37(45)47;/h8-11,13-19,21-24H,6-7,12,20,25-27H2,1-5H3;1H/q+1;/p-1. The minimum Gasteiger partial charge on any atom is -1.00 e. The van der Waals surface area contributed by atoms with Crippen molar-refractivity contribution >= 4 is 56.4 Å². The Balaban J connectivity index is 0.00000432. The lowest BCUT2D eigenvalue weighted by Crippen LogP contribution is -3.00. The van der Waals surface area contributed by atoms with Crippen LogP contribution in [0.25, 0.3) is 21.5 Å². The van der Waals surface area contributed by atoms with Gasteiger partial charge in [-0.3, -0.25) is 9.59 Å². The SMILES string of the molecule is C[N+]1=C(/C=C/C=C2/N(CCCCCC(=O)ON3C(=O)CCC3=O)c3ccc4ccccc4c3C2(C)C)C(C)(C)c2c1ccc1ccccc21.[Cl-]. The number of nitrogens with zero attached hydrogens (tertiary/aromatic N) is 3.